The molecule has 0 saturated heterocycles. The fraction of sp³-hybridized carbons (Fsp3) is 0.417. The lowest BCUT2D eigenvalue weighted by atomic mass is 10.2. The van der Waals surface area contributed by atoms with Crippen LogP contribution in [0.4, 0.5) is 0 Å². The van der Waals surface area contributed by atoms with Gasteiger partial charge in [-0.2, -0.15) is 0 Å². The number of hydrogen-bond donors (Lipinski definition) is 0. The summed E-state index contributed by atoms with van der Waals surface area (Å²) in [6.07, 6.45) is 0. The Kier molecular flexibility index (Phi) is 5.21. The predicted molar refractivity (Wildman–Crippen MR) is 71.5 cm³/mol. The van der Waals surface area contributed by atoms with E-state index >= 15 is 0 Å². The van der Waals surface area contributed by atoms with Gasteiger partial charge in [-0.1, -0.05) is 19.1 Å². The molecule has 0 unspecified atom stereocenters. The van der Waals surface area contributed by atoms with Crippen molar-refractivity contribution in [2.75, 3.05) is 17.3 Å². The molecule has 5 heteroatoms. The molecule has 17 heavy (non-hydrogen) atoms. The summed E-state index contributed by atoms with van der Waals surface area (Å²) in [5, 5.41) is 0. The van der Waals surface area contributed by atoms with Gasteiger partial charge in [0.05, 0.1) is 5.75 Å². The molecule has 0 aliphatic heterocycles. The molecular formula is C12H16O3S2. The van der Waals surface area contributed by atoms with Crippen LogP contribution < -0.4 is 0 Å². The van der Waals surface area contributed by atoms with Crippen molar-refractivity contribution in [3.8, 4) is 0 Å². The van der Waals surface area contributed by atoms with Crippen LogP contribution >= 0.6 is 11.8 Å². The molecule has 1 rings (SSSR count). The lowest BCUT2D eigenvalue weighted by Crippen LogP contribution is -2.10. The third kappa shape index (κ3) is 4.91. The summed E-state index contributed by atoms with van der Waals surface area (Å²) in [6.45, 7) is 3.17. The first kappa shape index (κ1) is 14.3. The Hall–Kier alpha value is -0.810. The number of rotatable bonds is 6. The monoisotopic (exact) mass is 272 g/mol. The molecule has 0 spiro atoms. The summed E-state index contributed by atoms with van der Waals surface area (Å²) >= 11 is 1.46. The van der Waals surface area contributed by atoms with Gasteiger partial charge in [0.1, 0.15) is 0 Å². The number of carbonyl (C=O) groups excluding carboxylic acids is 1. The summed E-state index contributed by atoms with van der Waals surface area (Å²) < 4.78 is 22.6. The number of benzene rings is 1. The Morgan fingerprint density at radius 1 is 1.35 bits per heavy atom. The van der Waals surface area contributed by atoms with Crippen molar-refractivity contribution < 1.29 is 13.2 Å². The molecule has 0 atom stereocenters. The van der Waals surface area contributed by atoms with E-state index in [4.69, 9.17) is 0 Å². The van der Waals surface area contributed by atoms with E-state index in [1.807, 2.05) is 12.1 Å². The van der Waals surface area contributed by atoms with Crippen LogP contribution in [0.2, 0.25) is 0 Å². The molecule has 3 nitrogen and oxygen atoms in total. The quantitative estimate of drug-likeness (QED) is 0.589. The maximum absolute atomic E-state index is 11.3. The van der Waals surface area contributed by atoms with Crippen LogP contribution in [0.15, 0.2) is 29.2 Å². The van der Waals surface area contributed by atoms with Gasteiger partial charge < -0.3 is 0 Å². The lowest BCUT2D eigenvalue weighted by molar-refractivity contribution is 0.101. The molecule has 0 aliphatic rings. The maximum Gasteiger partial charge on any atom is 0.159 e. The van der Waals surface area contributed by atoms with Crippen LogP contribution in [-0.4, -0.2) is 31.5 Å². The molecule has 0 saturated carbocycles. The molecule has 0 fully saturated rings. The number of hydrogen-bond acceptors (Lipinski definition) is 4. The molecule has 1 aromatic carbocycles. The molecule has 1 aromatic rings. The maximum atomic E-state index is 11.3. The van der Waals surface area contributed by atoms with Crippen molar-refractivity contribution in [1.82, 2.24) is 0 Å². The molecule has 0 aliphatic carbocycles. The summed E-state index contributed by atoms with van der Waals surface area (Å²) in [5.41, 5.74) is 0.661. The second-order valence-corrected chi connectivity index (χ2v) is 7.31. The van der Waals surface area contributed by atoms with Crippen molar-refractivity contribution in [2.45, 2.75) is 18.7 Å². The van der Waals surface area contributed by atoms with E-state index in [0.29, 0.717) is 11.3 Å². The van der Waals surface area contributed by atoms with Crippen molar-refractivity contribution in [3.63, 3.8) is 0 Å². The average molecular weight is 272 g/mol. The minimum absolute atomic E-state index is 0.0219. The smallest absolute Gasteiger partial charge is 0.159 e. The van der Waals surface area contributed by atoms with Crippen LogP contribution in [0.3, 0.4) is 0 Å². The number of ketones is 1. The Bertz CT molecular complexity index is 492. The Labute approximate surface area is 107 Å². The number of carbonyl (C=O) groups is 1. The van der Waals surface area contributed by atoms with Gasteiger partial charge in [-0.25, -0.2) is 8.42 Å². The Morgan fingerprint density at radius 2 is 2.06 bits per heavy atom. The van der Waals surface area contributed by atoms with Gasteiger partial charge >= 0.3 is 0 Å². The van der Waals surface area contributed by atoms with E-state index < -0.39 is 9.84 Å². The zero-order valence-electron chi connectivity index (χ0n) is 9.97. The third-order valence-corrected chi connectivity index (χ3v) is 5.30. The summed E-state index contributed by atoms with van der Waals surface area (Å²) in [4.78, 5) is 12.1. The zero-order valence-corrected chi connectivity index (χ0v) is 11.6. The fourth-order valence-corrected chi connectivity index (χ4v) is 3.49. The topological polar surface area (TPSA) is 51.2 Å². The molecule has 0 bridgehead atoms. The highest BCUT2D eigenvalue weighted by Crippen LogP contribution is 2.19. The standard InChI is InChI=1S/C12H16O3S2/c1-3-17(14,15)8-7-16-12-6-4-5-11(9-12)10(2)13/h4-6,9H,3,7-8H2,1-2H3. The highest BCUT2D eigenvalue weighted by Gasteiger charge is 2.07. The van der Waals surface area contributed by atoms with Crippen molar-refractivity contribution >= 4 is 27.4 Å². The highest BCUT2D eigenvalue weighted by atomic mass is 32.2. The molecule has 0 N–H and O–H groups in total. The number of thioether (sulfide) groups is 1. The molecule has 0 aromatic heterocycles. The highest BCUT2D eigenvalue weighted by molar-refractivity contribution is 8.00. The molecule has 0 amide bonds. The van der Waals surface area contributed by atoms with Gasteiger partial charge in [-0.05, 0) is 19.1 Å². The minimum Gasteiger partial charge on any atom is -0.295 e. The van der Waals surface area contributed by atoms with Crippen LogP contribution in [0.5, 0.6) is 0 Å². The second kappa shape index (κ2) is 6.21. The fourth-order valence-electron chi connectivity index (χ4n) is 1.24. The van der Waals surface area contributed by atoms with Crippen molar-refractivity contribution in [2.24, 2.45) is 0 Å². The van der Waals surface area contributed by atoms with Crippen molar-refractivity contribution in [3.05, 3.63) is 29.8 Å². The minimum atomic E-state index is -2.90. The predicted octanol–water partition coefficient (Wildman–Crippen LogP) is 2.42. The normalized spacial score (nSPS) is 11.4. The van der Waals surface area contributed by atoms with Crippen LogP contribution in [0.25, 0.3) is 0 Å². The van der Waals surface area contributed by atoms with E-state index in [1.165, 1.54) is 18.7 Å². The average Bonchev–Trinajstić information content (AvgIpc) is 2.29. The first-order chi connectivity index (χ1) is 7.94. The van der Waals surface area contributed by atoms with E-state index in [9.17, 15) is 13.2 Å². The van der Waals surface area contributed by atoms with Gasteiger partial charge in [-0.3, -0.25) is 4.79 Å². The van der Waals surface area contributed by atoms with Crippen LogP contribution in [-0.2, 0) is 9.84 Å². The van der Waals surface area contributed by atoms with Gasteiger partial charge in [0.2, 0.25) is 0 Å². The molecular weight excluding hydrogens is 256 g/mol. The first-order valence-electron chi connectivity index (χ1n) is 5.39. The van der Waals surface area contributed by atoms with E-state index in [-0.39, 0.29) is 17.3 Å². The van der Waals surface area contributed by atoms with E-state index in [2.05, 4.69) is 0 Å². The molecule has 0 heterocycles. The van der Waals surface area contributed by atoms with Gasteiger partial charge in [-0.15, -0.1) is 11.8 Å². The van der Waals surface area contributed by atoms with Crippen LogP contribution in [0.1, 0.15) is 24.2 Å². The lowest BCUT2D eigenvalue weighted by Gasteiger charge is -2.03. The number of sulfone groups is 1. The van der Waals surface area contributed by atoms with E-state index in [0.717, 1.165) is 4.90 Å². The number of Topliss-reactive ketones (excluding diaryl/α,β-unsaturated/α-hetero) is 1. The first-order valence-corrected chi connectivity index (χ1v) is 8.19. The molecule has 0 radical (unpaired) electrons. The van der Waals surface area contributed by atoms with Gasteiger partial charge in [0.25, 0.3) is 0 Å². The molecule has 94 valence electrons. The largest absolute Gasteiger partial charge is 0.295 e. The Balaban J connectivity index is 2.58. The summed E-state index contributed by atoms with van der Waals surface area (Å²) in [6, 6.07) is 7.25. The second-order valence-electron chi connectivity index (χ2n) is 3.67. The Morgan fingerprint density at radius 3 is 2.65 bits per heavy atom. The summed E-state index contributed by atoms with van der Waals surface area (Å²) in [5.74, 6) is 0.908. The zero-order chi connectivity index (χ0) is 12.9. The van der Waals surface area contributed by atoms with Crippen molar-refractivity contribution in [1.29, 1.82) is 0 Å². The van der Waals surface area contributed by atoms with Crippen LogP contribution in [0, 0.1) is 0 Å². The van der Waals surface area contributed by atoms with Gasteiger partial charge in [0, 0.05) is 22.0 Å². The van der Waals surface area contributed by atoms with E-state index in [1.54, 1.807) is 19.1 Å². The SMILES string of the molecule is CCS(=O)(=O)CCSc1cccc(C(C)=O)c1. The van der Waals surface area contributed by atoms with Gasteiger partial charge in [0.15, 0.2) is 15.6 Å². The third-order valence-electron chi connectivity index (χ3n) is 2.34. The summed E-state index contributed by atoms with van der Waals surface area (Å²) in [7, 11) is -2.90.